The molecule has 0 atom stereocenters. The molecule has 0 saturated carbocycles. The zero-order valence-electron chi connectivity index (χ0n) is 15.9. The maximum absolute atomic E-state index is 13.1. The normalized spacial score (nSPS) is 10.4. The summed E-state index contributed by atoms with van der Waals surface area (Å²) in [6.07, 6.45) is 2.02. The molecular formula is C21H18ClN5O2. The second kappa shape index (κ2) is 8.17. The van der Waals surface area contributed by atoms with E-state index in [1.807, 2.05) is 31.2 Å². The van der Waals surface area contributed by atoms with Crippen molar-refractivity contribution in [2.45, 2.75) is 20.3 Å². The van der Waals surface area contributed by atoms with E-state index in [0.29, 0.717) is 22.5 Å². The number of aryl methyl sites for hydroxylation is 2. The topological polar surface area (TPSA) is 114 Å². The molecule has 3 N–H and O–H groups in total. The number of carbonyl (C=O) groups is 1. The highest BCUT2D eigenvalue weighted by molar-refractivity contribution is 6.32. The van der Waals surface area contributed by atoms with E-state index in [9.17, 15) is 9.59 Å². The molecule has 0 fully saturated rings. The summed E-state index contributed by atoms with van der Waals surface area (Å²) in [5, 5.41) is 12.0. The van der Waals surface area contributed by atoms with Gasteiger partial charge in [-0.15, -0.1) is 0 Å². The number of nitrogen functional groups attached to an aromatic ring is 1. The molecule has 0 aliphatic rings. The molecule has 8 heteroatoms. The fraction of sp³-hybridized carbons (Fsp3) is 0.143. The summed E-state index contributed by atoms with van der Waals surface area (Å²) in [5.74, 6) is -0.845. The van der Waals surface area contributed by atoms with Gasteiger partial charge in [-0.1, -0.05) is 30.7 Å². The van der Waals surface area contributed by atoms with Crippen molar-refractivity contribution >= 4 is 29.0 Å². The number of carbonyl (C=O) groups excluding carboxylic acids is 1. The number of nitrogens with zero attached hydrogens (tertiary/aromatic N) is 3. The van der Waals surface area contributed by atoms with Gasteiger partial charge in [-0.3, -0.25) is 14.2 Å². The van der Waals surface area contributed by atoms with E-state index in [1.54, 1.807) is 19.1 Å². The van der Waals surface area contributed by atoms with Crippen LogP contribution in [0.3, 0.4) is 0 Å². The Morgan fingerprint density at radius 3 is 2.76 bits per heavy atom. The highest BCUT2D eigenvalue weighted by Gasteiger charge is 2.21. The molecule has 3 rings (SSSR count). The quantitative estimate of drug-likeness (QED) is 0.687. The molecule has 0 spiro atoms. The molecule has 29 heavy (non-hydrogen) atoms. The Labute approximate surface area is 172 Å². The number of aromatic nitrogens is 2. The molecule has 0 aliphatic heterocycles. The molecule has 1 amide bonds. The zero-order chi connectivity index (χ0) is 21.1. The highest BCUT2D eigenvalue weighted by atomic mass is 35.5. The Kier molecular flexibility index (Phi) is 5.66. The Morgan fingerprint density at radius 2 is 2.10 bits per heavy atom. The van der Waals surface area contributed by atoms with Crippen LogP contribution < -0.4 is 16.6 Å². The Balaban J connectivity index is 2.08. The number of nitrogens with two attached hydrogens (primary N) is 1. The summed E-state index contributed by atoms with van der Waals surface area (Å²) in [7, 11) is 0. The average Bonchev–Trinajstić information content (AvgIpc) is 2.69. The lowest BCUT2D eigenvalue weighted by atomic mass is 10.1. The van der Waals surface area contributed by atoms with Gasteiger partial charge in [0.1, 0.15) is 17.7 Å². The fourth-order valence-electron chi connectivity index (χ4n) is 3.01. The molecule has 0 radical (unpaired) electrons. The number of rotatable bonds is 4. The number of benzene rings is 2. The summed E-state index contributed by atoms with van der Waals surface area (Å²) in [6, 6.07) is 12.4. The molecular weight excluding hydrogens is 390 g/mol. The van der Waals surface area contributed by atoms with Crippen LogP contribution in [0, 0.1) is 18.3 Å². The van der Waals surface area contributed by atoms with Gasteiger partial charge in [-0.05, 0) is 48.7 Å². The maximum Gasteiger partial charge on any atom is 0.273 e. The highest BCUT2D eigenvalue weighted by Crippen LogP contribution is 2.25. The molecule has 0 unspecified atom stereocenters. The molecule has 146 valence electrons. The third-order valence-electron chi connectivity index (χ3n) is 4.45. The van der Waals surface area contributed by atoms with Crippen LogP contribution in [0.1, 0.15) is 34.0 Å². The first kappa shape index (κ1) is 20.1. The smallest absolute Gasteiger partial charge is 0.273 e. The van der Waals surface area contributed by atoms with Crippen molar-refractivity contribution < 1.29 is 4.79 Å². The van der Waals surface area contributed by atoms with Crippen molar-refractivity contribution in [3.05, 3.63) is 80.4 Å². The average molecular weight is 408 g/mol. The maximum atomic E-state index is 13.1. The Morgan fingerprint density at radius 1 is 1.34 bits per heavy atom. The minimum Gasteiger partial charge on any atom is -0.383 e. The number of nitrogens with one attached hydrogen (secondary N) is 1. The van der Waals surface area contributed by atoms with Crippen molar-refractivity contribution in [1.82, 2.24) is 9.55 Å². The van der Waals surface area contributed by atoms with Gasteiger partial charge in [0.2, 0.25) is 0 Å². The van der Waals surface area contributed by atoms with E-state index in [4.69, 9.17) is 22.6 Å². The van der Waals surface area contributed by atoms with Crippen molar-refractivity contribution in [2.24, 2.45) is 0 Å². The molecule has 0 aliphatic carbocycles. The molecule has 0 bridgehead atoms. The zero-order valence-corrected chi connectivity index (χ0v) is 16.6. The van der Waals surface area contributed by atoms with Crippen molar-refractivity contribution in [2.75, 3.05) is 11.1 Å². The van der Waals surface area contributed by atoms with Crippen LogP contribution in [0.5, 0.6) is 0 Å². The third-order valence-corrected chi connectivity index (χ3v) is 4.73. The fourth-order valence-corrected chi connectivity index (χ4v) is 3.37. The van der Waals surface area contributed by atoms with Crippen molar-refractivity contribution in [1.29, 1.82) is 5.26 Å². The van der Waals surface area contributed by atoms with Crippen LogP contribution in [0.15, 0.2) is 47.5 Å². The number of anilines is 2. The standard InChI is InChI=1S/C21H18ClN5O2/c1-3-13-5-4-6-15(8-13)26-20(28)17-19(24)25-11-27(21(17)29)18-12(2)7-14(10-23)9-16(18)22/h4-9,11H,3,24H2,1-2H3,(H,26,28). The van der Waals surface area contributed by atoms with E-state index in [0.717, 1.165) is 16.6 Å². The Bertz CT molecular complexity index is 1190. The van der Waals surface area contributed by atoms with E-state index < -0.39 is 11.5 Å². The largest absolute Gasteiger partial charge is 0.383 e. The second-order valence-corrected chi connectivity index (χ2v) is 6.83. The van der Waals surface area contributed by atoms with E-state index >= 15 is 0 Å². The van der Waals surface area contributed by atoms with Crippen LogP contribution in [-0.4, -0.2) is 15.5 Å². The van der Waals surface area contributed by atoms with Crippen LogP contribution in [0.25, 0.3) is 5.69 Å². The van der Waals surface area contributed by atoms with Gasteiger partial charge in [0.05, 0.1) is 22.3 Å². The minimum atomic E-state index is -0.662. The molecule has 1 heterocycles. The van der Waals surface area contributed by atoms with Crippen LogP contribution in [-0.2, 0) is 6.42 Å². The molecule has 3 aromatic rings. The first-order valence-corrected chi connectivity index (χ1v) is 9.21. The summed E-state index contributed by atoms with van der Waals surface area (Å²) in [5.41, 5.74) is 7.78. The van der Waals surface area contributed by atoms with Crippen molar-refractivity contribution in [3.63, 3.8) is 0 Å². The first-order valence-electron chi connectivity index (χ1n) is 8.83. The van der Waals surface area contributed by atoms with Crippen LogP contribution in [0.2, 0.25) is 5.02 Å². The SMILES string of the molecule is CCc1cccc(NC(=O)c2c(N)ncn(-c3c(C)cc(C#N)cc3Cl)c2=O)c1. The lowest BCUT2D eigenvalue weighted by Crippen LogP contribution is -2.31. The number of amides is 1. The molecule has 7 nitrogen and oxygen atoms in total. The number of hydrogen-bond donors (Lipinski definition) is 2. The predicted octanol–water partition coefficient (Wildman–Crippen LogP) is 3.46. The summed E-state index contributed by atoms with van der Waals surface area (Å²) >= 11 is 6.28. The summed E-state index contributed by atoms with van der Waals surface area (Å²) < 4.78 is 1.16. The predicted molar refractivity (Wildman–Crippen MR) is 112 cm³/mol. The third kappa shape index (κ3) is 3.98. The number of hydrogen-bond acceptors (Lipinski definition) is 5. The van der Waals surface area contributed by atoms with Gasteiger partial charge >= 0.3 is 0 Å². The van der Waals surface area contributed by atoms with E-state index in [-0.39, 0.29) is 16.4 Å². The number of nitriles is 1. The Hall–Kier alpha value is -3.63. The van der Waals surface area contributed by atoms with Gasteiger partial charge < -0.3 is 11.1 Å². The number of halogens is 1. The van der Waals surface area contributed by atoms with Crippen LogP contribution in [0.4, 0.5) is 11.5 Å². The van der Waals surface area contributed by atoms with Crippen molar-refractivity contribution in [3.8, 4) is 11.8 Å². The van der Waals surface area contributed by atoms with Gasteiger partial charge in [0, 0.05) is 5.69 Å². The van der Waals surface area contributed by atoms with Gasteiger partial charge in [-0.2, -0.15) is 5.26 Å². The van der Waals surface area contributed by atoms with Gasteiger partial charge in [0.15, 0.2) is 0 Å². The van der Waals surface area contributed by atoms with E-state index in [2.05, 4.69) is 10.3 Å². The summed E-state index contributed by atoms with van der Waals surface area (Å²) in [4.78, 5) is 29.8. The van der Waals surface area contributed by atoms with Gasteiger partial charge in [0.25, 0.3) is 11.5 Å². The molecule has 2 aromatic carbocycles. The minimum absolute atomic E-state index is 0.183. The van der Waals surface area contributed by atoms with Crippen LogP contribution >= 0.6 is 11.6 Å². The van der Waals surface area contributed by atoms with Gasteiger partial charge in [-0.25, -0.2) is 4.98 Å². The lowest BCUT2D eigenvalue weighted by Gasteiger charge is -2.14. The first-order chi connectivity index (χ1) is 13.8. The van der Waals surface area contributed by atoms with E-state index in [1.165, 1.54) is 12.4 Å². The molecule has 1 aromatic heterocycles. The molecule has 0 saturated heterocycles. The lowest BCUT2D eigenvalue weighted by molar-refractivity contribution is 0.102. The summed E-state index contributed by atoms with van der Waals surface area (Å²) in [6.45, 7) is 3.71. The monoisotopic (exact) mass is 407 g/mol. The second-order valence-electron chi connectivity index (χ2n) is 6.42.